The van der Waals surface area contributed by atoms with E-state index in [0.29, 0.717) is 37.7 Å². The normalized spacial score (nSPS) is 15.9. The molecule has 1 aliphatic heterocycles. The Kier molecular flexibility index (Phi) is 6.53. The number of thiazole rings is 1. The van der Waals surface area contributed by atoms with E-state index in [1.807, 2.05) is 43.5 Å². The van der Waals surface area contributed by atoms with Gasteiger partial charge in [-0.15, -0.1) is 11.3 Å². The number of hydrogen-bond acceptors (Lipinski definition) is 8. The minimum atomic E-state index is -0.707. The summed E-state index contributed by atoms with van der Waals surface area (Å²) in [5.41, 5.74) is 1.30. The first-order valence-electron chi connectivity index (χ1n) is 10.3. The maximum atomic E-state index is 13.5. The number of nitrogens with zero attached hydrogens (tertiary/aromatic N) is 2. The van der Waals surface area contributed by atoms with Crippen molar-refractivity contribution in [2.75, 3.05) is 14.2 Å². The van der Waals surface area contributed by atoms with Crippen LogP contribution in [0.15, 0.2) is 56.8 Å². The molecule has 0 spiro atoms. The quantitative estimate of drug-likeness (QED) is 0.502. The third-order valence-corrected chi connectivity index (χ3v) is 6.91. The Balaban J connectivity index is 1.95. The van der Waals surface area contributed by atoms with Crippen LogP contribution >= 0.6 is 22.7 Å². The largest absolute Gasteiger partial charge is 0.493 e. The van der Waals surface area contributed by atoms with Gasteiger partial charge in [0.25, 0.3) is 5.56 Å². The van der Waals surface area contributed by atoms with E-state index in [0.717, 1.165) is 4.88 Å². The SMILES string of the molecule is COC(=O)C1=C(C)N=c2sc(=Cc3cccs3)c(=O)n2C1c1ccc(OC(C)C)c(OC)c1. The zero-order valence-corrected chi connectivity index (χ0v) is 20.6. The minimum absolute atomic E-state index is 0.0348. The lowest BCUT2D eigenvalue weighted by atomic mass is 9.95. The number of esters is 1. The second-order valence-corrected chi connectivity index (χ2v) is 9.65. The molecule has 0 bridgehead atoms. The van der Waals surface area contributed by atoms with Crippen LogP contribution in [0, 0.1) is 0 Å². The third kappa shape index (κ3) is 4.38. The van der Waals surface area contributed by atoms with Crippen LogP contribution in [0.3, 0.4) is 0 Å². The molecule has 172 valence electrons. The number of rotatable bonds is 6. The van der Waals surface area contributed by atoms with Crippen molar-refractivity contribution < 1.29 is 19.0 Å². The average molecular weight is 485 g/mol. The molecule has 2 aromatic heterocycles. The molecule has 3 aromatic rings. The maximum absolute atomic E-state index is 13.5. The molecule has 9 heteroatoms. The maximum Gasteiger partial charge on any atom is 0.338 e. The van der Waals surface area contributed by atoms with Gasteiger partial charge >= 0.3 is 5.97 Å². The summed E-state index contributed by atoms with van der Waals surface area (Å²) in [4.78, 5) is 32.4. The van der Waals surface area contributed by atoms with E-state index in [4.69, 9.17) is 14.2 Å². The van der Waals surface area contributed by atoms with Crippen molar-refractivity contribution in [1.82, 2.24) is 4.57 Å². The van der Waals surface area contributed by atoms with Gasteiger partial charge in [-0.3, -0.25) is 9.36 Å². The first-order chi connectivity index (χ1) is 15.8. The molecule has 0 radical (unpaired) electrons. The van der Waals surface area contributed by atoms with Gasteiger partial charge in [0.1, 0.15) is 0 Å². The molecule has 3 heterocycles. The topological polar surface area (TPSA) is 79.1 Å². The summed E-state index contributed by atoms with van der Waals surface area (Å²) < 4.78 is 18.5. The molecule has 0 fully saturated rings. The van der Waals surface area contributed by atoms with Crippen molar-refractivity contribution in [2.45, 2.75) is 32.9 Å². The van der Waals surface area contributed by atoms with Gasteiger partial charge in [0.05, 0.1) is 42.2 Å². The molecule has 0 N–H and O–H groups in total. The third-order valence-electron chi connectivity index (χ3n) is 5.11. The molecule has 1 aliphatic rings. The molecule has 0 amide bonds. The number of methoxy groups -OCH3 is 2. The fraction of sp³-hybridized carbons (Fsp3) is 0.292. The minimum Gasteiger partial charge on any atom is -0.493 e. The molecular formula is C24H24N2O5S2. The van der Waals surface area contributed by atoms with E-state index in [-0.39, 0.29) is 11.7 Å². The van der Waals surface area contributed by atoms with E-state index >= 15 is 0 Å². The Labute approximate surface area is 198 Å². The van der Waals surface area contributed by atoms with E-state index in [1.54, 1.807) is 42.1 Å². The summed E-state index contributed by atoms with van der Waals surface area (Å²) in [7, 11) is 2.88. The van der Waals surface area contributed by atoms with Gasteiger partial charge in [0.15, 0.2) is 16.3 Å². The Bertz CT molecular complexity index is 1400. The van der Waals surface area contributed by atoms with E-state index < -0.39 is 12.0 Å². The smallest absolute Gasteiger partial charge is 0.338 e. The Morgan fingerprint density at radius 1 is 1.21 bits per heavy atom. The second kappa shape index (κ2) is 9.36. The second-order valence-electron chi connectivity index (χ2n) is 7.67. The summed E-state index contributed by atoms with van der Waals surface area (Å²) >= 11 is 2.85. The van der Waals surface area contributed by atoms with Crippen molar-refractivity contribution in [2.24, 2.45) is 4.99 Å². The molecule has 0 saturated carbocycles. The summed E-state index contributed by atoms with van der Waals surface area (Å²) in [6.45, 7) is 5.61. The van der Waals surface area contributed by atoms with Crippen LogP contribution in [0.4, 0.5) is 0 Å². The van der Waals surface area contributed by atoms with E-state index in [2.05, 4.69) is 4.99 Å². The molecule has 1 aromatic carbocycles. The van der Waals surface area contributed by atoms with Gasteiger partial charge in [-0.05, 0) is 56.0 Å². The molecular weight excluding hydrogens is 460 g/mol. The molecule has 33 heavy (non-hydrogen) atoms. The van der Waals surface area contributed by atoms with Crippen LogP contribution in [0.2, 0.25) is 0 Å². The van der Waals surface area contributed by atoms with E-state index in [9.17, 15) is 9.59 Å². The van der Waals surface area contributed by atoms with E-state index in [1.165, 1.54) is 18.4 Å². The van der Waals surface area contributed by atoms with Gasteiger partial charge < -0.3 is 14.2 Å². The molecule has 1 unspecified atom stereocenters. The number of ether oxygens (including phenoxy) is 3. The van der Waals surface area contributed by atoms with Crippen molar-refractivity contribution in [1.29, 1.82) is 0 Å². The highest BCUT2D eigenvalue weighted by molar-refractivity contribution is 7.11. The number of allylic oxidation sites excluding steroid dienone is 1. The van der Waals surface area contributed by atoms with Crippen LogP contribution < -0.4 is 24.4 Å². The fourth-order valence-electron chi connectivity index (χ4n) is 3.72. The van der Waals surface area contributed by atoms with Crippen LogP contribution in [-0.4, -0.2) is 30.9 Å². The zero-order chi connectivity index (χ0) is 23.7. The molecule has 4 rings (SSSR count). The number of aromatic nitrogens is 1. The number of hydrogen-bond donors (Lipinski definition) is 0. The van der Waals surface area contributed by atoms with Gasteiger partial charge in [-0.1, -0.05) is 23.5 Å². The predicted molar refractivity (Wildman–Crippen MR) is 129 cm³/mol. The summed E-state index contributed by atoms with van der Waals surface area (Å²) in [5, 5.41) is 1.96. The van der Waals surface area contributed by atoms with Gasteiger partial charge in [0.2, 0.25) is 0 Å². The number of carbonyl (C=O) groups is 1. The summed E-state index contributed by atoms with van der Waals surface area (Å²) in [6.07, 6.45) is 1.82. The standard InChI is InChI=1S/C24H24N2O5S2/c1-13(2)31-17-9-8-15(11-18(17)29-4)21-20(23(28)30-5)14(3)25-24-26(21)22(27)19(33-24)12-16-7-6-10-32-16/h6-13,21H,1-5H3. The van der Waals surface area contributed by atoms with Crippen molar-refractivity contribution in [3.05, 3.63) is 77.1 Å². The highest BCUT2D eigenvalue weighted by Crippen LogP contribution is 2.36. The van der Waals surface area contributed by atoms with Crippen LogP contribution in [0.1, 0.15) is 37.3 Å². The van der Waals surface area contributed by atoms with Gasteiger partial charge in [-0.25, -0.2) is 9.79 Å². The number of fused-ring (bicyclic) bond motifs is 1. The fourth-order valence-corrected chi connectivity index (χ4v) is 5.49. The number of benzene rings is 1. The molecule has 1 atom stereocenters. The first-order valence-corrected chi connectivity index (χ1v) is 12.0. The molecule has 7 nitrogen and oxygen atoms in total. The van der Waals surface area contributed by atoms with Crippen LogP contribution in [0.25, 0.3) is 6.08 Å². The predicted octanol–water partition coefficient (Wildman–Crippen LogP) is 3.27. The zero-order valence-electron chi connectivity index (χ0n) is 18.9. The lowest BCUT2D eigenvalue weighted by molar-refractivity contribution is -0.136. The number of thiophene rings is 1. The van der Waals surface area contributed by atoms with Crippen molar-refractivity contribution >= 4 is 34.7 Å². The van der Waals surface area contributed by atoms with Crippen LogP contribution in [-0.2, 0) is 9.53 Å². The van der Waals surface area contributed by atoms with Gasteiger partial charge in [0, 0.05) is 4.88 Å². The summed E-state index contributed by atoms with van der Waals surface area (Å²) in [5.74, 6) is 0.567. The summed E-state index contributed by atoms with van der Waals surface area (Å²) in [6, 6.07) is 8.59. The Morgan fingerprint density at radius 2 is 2.00 bits per heavy atom. The monoisotopic (exact) mass is 484 g/mol. The van der Waals surface area contributed by atoms with Crippen LogP contribution in [0.5, 0.6) is 11.5 Å². The first kappa shape index (κ1) is 23.0. The lowest BCUT2D eigenvalue weighted by Gasteiger charge is -2.25. The lowest BCUT2D eigenvalue weighted by Crippen LogP contribution is -2.39. The van der Waals surface area contributed by atoms with Gasteiger partial charge in [-0.2, -0.15) is 0 Å². The molecule has 0 aliphatic carbocycles. The van der Waals surface area contributed by atoms with Crippen molar-refractivity contribution in [3.63, 3.8) is 0 Å². The highest BCUT2D eigenvalue weighted by Gasteiger charge is 2.33. The number of carbonyl (C=O) groups excluding carboxylic acids is 1. The van der Waals surface area contributed by atoms with Crippen molar-refractivity contribution in [3.8, 4) is 11.5 Å². The Morgan fingerprint density at radius 3 is 2.64 bits per heavy atom. The molecule has 0 saturated heterocycles. The highest BCUT2D eigenvalue weighted by atomic mass is 32.1. The average Bonchev–Trinajstić information content (AvgIpc) is 3.40. The Hall–Kier alpha value is -3.17.